The molecule has 0 bridgehead atoms. The molecule has 3 heteroatoms. The summed E-state index contributed by atoms with van der Waals surface area (Å²) in [5, 5.41) is 3.39. The molecule has 1 aromatic carbocycles. The fourth-order valence-electron chi connectivity index (χ4n) is 1.79. The standard InChI is InChI=1S/C12H18N2O/c1-7(2)9-4-10(13)12-11(5-9)14-8(3)6-15-12/h4-5,7-8,14H,6,13H2,1-3H3. The number of benzene rings is 1. The lowest BCUT2D eigenvalue weighted by Gasteiger charge is -2.27. The second kappa shape index (κ2) is 3.65. The van der Waals surface area contributed by atoms with Crippen LogP contribution in [0.1, 0.15) is 32.3 Å². The molecule has 1 aliphatic rings. The fraction of sp³-hybridized carbons (Fsp3) is 0.500. The molecule has 0 saturated heterocycles. The molecule has 1 unspecified atom stereocenters. The van der Waals surface area contributed by atoms with E-state index in [1.165, 1.54) is 5.56 Å². The van der Waals surface area contributed by atoms with Gasteiger partial charge in [0, 0.05) is 0 Å². The van der Waals surface area contributed by atoms with Gasteiger partial charge in [-0.1, -0.05) is 13.8 Å². The van der Waals surface area contributed by atoms with E-state index in [0.717, 1.165) is 17.1 Å². The number of rotatable bonds is 1. The third-order valence-corrected chi connectivity index (χ3v) is 2.69. The summed E-state index contributed by atoms with van der Waals surface area (Å²) in [6.07, 6.45) is 0. The van der Waals surface area contributed by atoms with Crippen LogP contribution >= 0.6 is 0 Å². The molecule has 1 atom stereocenters. The van der Waals surface area contributed by atoms with Gasteiger partial charge in [0.15, 0.2) is 5.75 Å². The maximum atomic E-state index is 5.96. The largest absolute Gasteiger partial charge is 0.487 e. The lowest BCUT2D eigenvalue weighted by molar-refractivity contribution is 0.293. The summed E-state index contributed by atoms with van der Waals surface area (Å²) in [5.41, 5.74) is 8.96. The predicted octanol–water partition coefficient (Wildman–Crippen LogP) is 2.59. The summed E-state index contributed by atoms with van der Waals surface area (Å²) in [5.74, 6) is 1.29. The van der Waals surface area contributed by atoms with Gasteiger partial charge in [-0.15, -0.1) is 0 Å². The molecule has 0 spiro atoms. The van der Waals surface area contributed by atoms with E-state index in [1.807, 2.05) is 6.07 Å². The Bertz CT molecular complexity index is 374. The van der Waals surface area contributed by atoms with Crippen molar-refractivity contribution in [3.8, 4) is 5.75 Å². The van der Waals surface area contributed by atoms with Crippen LogP contribution in [0.3, 0.4) is 0 Å². The molecule has 0 aliphatic carbocycles. The van der Waals surface area contributed by atoms with Crippen LogP contribution in [0.15, 0.2) is 12.1 Å². The minimum Gasteiger partial charge on any atom is -0.487 e. The number of nitrogens with one attached hydrogen (secondary N) is 1. The molecule has 15 heavy (non-hydrogen) atoms. The van der Waals surface area contributed by atoms with E-state index in [-0.39, 0.29) is 0 Å². The maximum Gasteiger partial charge on any atom is 0.165 e. The molecule has 1 aliphatic heterocycles. The number of anilines is 2. The van der Waals surface area contributed by atoms with E-state index in [1.54, 1.807) is 0 Å². The Kier molecular flexibility index (Phi) is 2.47. The first-order valence-electron chi connectivity index (χ1n) is 5.40. The van der Waals surface area contributed by atoms with Gasteiger partial charge >= 0.3 is 0 Å². The highest BCUT2D eigenvalue weighted by atomic mass is 16.5. The van der Waals surface area contributed by atoms with Crippen molar-refractivity contribution < 1.29 is 4.74 Å². The van der Waals surface area contributed by atoms with Crippen molar-refractivity contribution in [1.82, 2.24) is 0 Å². The molecular formula is C12H18N2O. The van der Waals surface area contributed by atoms with Gasteiger partial charge in [0.05, 0.1) is 17.4 Å². The van der Waals surface area contributed by atoms with Crippen LogP contribution in [0.4, 0.5) is 11.4 Å². The van der Waals surface area contributed by atoms with Gasteiger partial charge in [-0.3, -0.25) is 0 Å². The number of ether oxygens (including phenoxy) is 1. The molecule has 0 aromatic heterocycles. The molecule has 0 amide bonds. The molecule has 0 fully saturated rings. The van der Waals surface area contributed by atoms with Gasteiger partial charge in [0.1, 0.15) is 6.61 Å². The van der Waals surface area contributed by atoms with Gasteiger partial charge in [-0.05, 0) is 30.5 Å². The van der Waals surface area contributed by atoms with Crippen molar-refractivity contribution in [2.75, 3.05) is 17.7 Å². The Hall–Kier alpha value is -1.38. The lowest BCUT2D eigenvalue weighted by Crippen LogP contribution is -2.28. The zero-order chi connectivity index (χ0) is 11.0. The molecule has 0 radical (unpaired) electrons. The van der Waals surface area contributed by atoms with E-state index in [4.69, 9.17) is 10.5 Å². The average molecular weight is 206 g/mol. The maximum absolute atomic E-state index is 5.96. The van der Waals surface area contributed by atoms with Crippen LogP contribution in [-0.4, -0.2) is 12.6 Å². The summed E-state index contributed by atoms with van der Waals surface area (Å²) < 4.78 is 5.61. The molecule has 1 aromatic rings. The number of hydrogen-bond acceptors (Lipinski definition) is 3. The smallest absolute Gasteiger partial charge is 0.165 e. The number of nitrogens with two attached hydrogens (primary N) is 1. The molecule has 82 valence electrons. The first-order valence-corrected chi connectivity index (χ1v) is 5.40. The van der Waals surface area contributed by atoms with Gasteiger partial charge in [-0.25, -0.2) is 0 Å². The zero-order valence-corrected chi connectivity index (χ0v) is 9.50. The monoisotopic (exact) mass is 206 g/mol. The Morgan fingerprint density at radius 2 is 2.20 bits per heavy atom. The Labute approximate surface area is 90.6 Å². The number of nitrogen functional groups attached to an aromatic ring is 1. The number of fused-ring (bicyclic) bond motifs is 1. The van der Waals surface area contributed by atoms with Gasteiger partial charge in [-0.2, -0.15) is 0 Å². The highest BCUT2D eigenvalue weighted by Crippen LogP contribution is 2.37. The minimum atomic E-state index is 0.347. The van der Waals surface area contributed by atoms with Crippen molar-refractivity contribution >= 4 is 11.4 Å². The number of hydrogen-bond donors (Lipinski definition) is 2. The second-order valence-corrected chi connectivity index (χ2v) is 4.50. The van der Waals surface area contributed by atoms with Gasteiger partial charge in [0.2, 0.25) is 0 Å². The third-order valence-electron chi connectivity index (χ3n) is 2.69. The van der Waals surface area contributed by atoms with Crippen molar-refractivity contribution in [3.05, 3.63) is 17.7 Å². The van der Waals surface area contributed by atoms with Crippen LogP contribution in [0, 0.1) is 0 Å². The Morgan fingerprint density at radius 1 is 1.47 bits per heavy atom. The van der Waals surface area contributed by atoms with Gasteiger partial charge in [0.25, 0.3) is 0 Å². The van der Waals surface area contributed by atoms with E-state index in [9.17, 15) is 0 Å². The average Bonchev–Trinajstić information content (AvgIpc) is 2.16. The highest BCUT2D eigenvalue weighted by molar-refractivity contribution is 5.72. The Morgan fingerprint density at radius 3 is 2.87 bits per heavy atom. The molecular weight excluding hydrogens is 188 g/mol. The first-order chi connectivity index (χ1) is 7.08. The SMILES string of the molecule is CC1COc2c(N)cc(C(C)C)cc2N1. The summed E-state index contributed by atoms with van der Waals surface area (Å²) in [6.45, 7) is 7.10. The molecule has 3 N–H and O–H groups in total. The quantitative estimate of drug-likeness (QED) is 0.694. The van der Waals surface area contributed by atoms with Crippen molar-refractivity contribution in [2.45, 2.75) is 32.7 Å². The van der Waals surface area contributed by atoms with Crippen molar-refractivity contribution in [3.63, 3.8) is 0 Å². The molecule has 0 saturated carbocycles. The topological polar surface area (TPSA) is 47.3 Å². The van der Waals surface area contributed by atoms with E-state index in [0.29, 0.717) is 18.6 Å². The van der Waals surface area contributed by atoms with Crippen LogP contribution in [0.2, 0.25) is 0 Å². The predicted molar refractivity (Wildman–Crippen MR) is 63.5 cm³/mol. The third kappa shape index (κ3) is 1.87. The van der Waals surface area contributed by atoms with Gasteiger partial charge < -0.3 is 15.8 Å². The van der Waals surface area contributed by atoms with Crippen LogP contribution < -0.4 is 15.8 Å². The fourth-order valence-corrected chi connectivity index (χ4v) is 1.79. The molecule has 3 nitrogen and oxygen atoms in total. The lowest BCUT2D eigenvalue weighted by atomic mass is 10.0. The molecule has 2 rings (SSSR count). The van der Waals surface area contributed by atoms with Crippen LogP contribution in [0.25, 0.3) is 0 Å². The zero-order valence-electron chi connectivity index (χ0n) is 9.50. The summed E-state index contributed by atoms with van der Waals surface area (Å²) in [4.78, 5) is 0. The summed E-state index contributed by atoms with van der Waals surface area (Å²) in [7, 11) is 0. The normalized spacial score (nSPS) is 19.3. The van der Waals surface area contributed by atoms with Crippen LogP contribution in [0.5, 0.6) is 5.75 Å². The Balaban J connectivity index is 2.44. The summed E-state index contributed by atoms with van der Waals surface area (Å²) in [6, 6.07) is 4.48. The highest BCUT2D eigenvalue weighted by Gasteiger charge is 2.18. The van der Waals surface area contributed by atoms with Crippen LogP contribution in [-0.2, 0) is 0 Å². The van der Waals surface area contributed by atoms with E-state index >= 15 is 0 Å². The minimum absolute atomic E-state index is 0.347. The van der Waals surface area contributed by atoms with Crippen molar-refractivity contribution in [1.29, 1.82) is 0 Å². The first kappa shape index (κ1) is 10.1. The molecule has 1 heterocycles. The summed E-state index contributed by atoms with van der Waals surface area (Å²) >= 11 is 0. The van der Waals surface area contributed by atoms with E-state index in [2.05, 4.69) is 32.2 Å². The van der Waals surface area contributed by atoms with E-state index < -0.39 is 0 Å². The second-order valence-electron chi connectivity index (χ2n) is 4.50. The van der Waals surface area contributed by atoms with Crippen molar-refractivity contribution in [2.24, 2.45) is 0 Å².